The maximum absolute atomic E-state index is 13.6. The topological polar surface area (TPSA) is 114 Å². The van der Waals surface area contributed by atoms with E-state index in [9.17, 15) is 24.0 Å². The van der Waals surface area contributed by atoms with Gasteiger partial charge in [-0.1, -0.05) is 31.5 Å². The molecule has 2 aromatic carbocycles. The predicted octanol–water partition coefficient (Wildman–Crippen LogP) is 3.44. The summed E-state index contributed by atoms with van der Waals surface area (Å²) in [7, 11) is 0. The number of fused-ring (bicyclic) bond motifs is 2. The Morgan fingerprint density at radius 2 is 1.57 bits per heavy atom. The molecule has 0 saturated heterocycles. The van der Waals surface area contributed by atoms with Gasteiger partial charge in [-0.15, -0.1) is 0 Å². The van der Waals surface area contributed by atoms with E-state index in [1.165, 1.54) is 28.8 Å². The van der Waals surface area contributed by atoms with E-state index in [1.807, 2.05) is 32.9 Å². The zero-order valence-electron chi connectivity index (χ0n) is 19.5. The second-order valence-electron chi connectivity index (χ2n) is 9.83. The van der Waals surface area contributed by atoms with Gasteiger partial charge in [-0.3, -0.25) is 33.9 Å². The van der Waals surface area contributed by atoms with E-state index < -0.39 is 23.3 Å². The van der Waals surface area contributed by atoms with Crippen molar-refractivity contribution in [2.24, 2.45) is 5.41 Å². The summed E-state index contributed by atoms with van der Waals surface area (Å²) < 4.78 is 1.46. The Morgan fingerprint density at radius 3 is 2.29 bits per heavy atom. The van der Waals surface area contributed by atoms with E-state index in [0.717, 1.165) is 5.56 Å². The molecule has 0 unspecified atom stereocenters. The fourth-order valence-corrected chi connectivity index (χ4v) is 4.69. The maximum Gasteiger partial charge on any atom is 0.268 e. The molecule has 8 nitrogen and oxygen atoms in total. The van der Waals surface area contributed by atoms with E-state index >= 15 is 0 Å². The van der Waals surface area contributed by atoms with E-state index in [2.05, 4.69) is 10.6 Å². The summed E-state index contributed by atoms with van der Waals surface area (Å²) in [5.41, 5.74) is 2.11. The quantitative estimate of drug-likeness (QED) is 0.571. The van der Waals surface area contributed by atoms with Crippen LogP contribution in [0.15, 0.2) is 53.3 Å². The first kappa shape index (κ1) is 22.5. The Kier molecular flexibility index (Phi) is 5.05. The van der Waals surface area contributed by atoms with Crippen molar-refractivity contribution < 1.29 is 19.2 Å². The number of aromatic nitrogens is 1. The molecule has 0 bridgehead atoms. The van der Waals surface area contributed by atoms with Gasteiger partial charge in [-0.05, 0) is 55.2 Å². The minimum absolute atomic E-state index is 0.126. The van der Waals surface area contributed by atoms with Crippen LogP contribution in [-0.2, 0) is 6.42 Å². The number of imide groups is 1. The number of hydrogen-bond acceptors (Lipinski definition) is 5. The smallest absolute Gasteiger partial charge is 0.268 e. The summed E-state index contributed by atoms with van der Waals surface area (Å²) in [6.07, 6.45) is 0.814. The van der Waals surface area contributed by atoms with Gasteiger partial charge in [0.1, 0.15) is 5.56 Å². The summed E-state index contributed by atoms with van der Waals surface area (Å²) >= 11 is 0. The number of carbonyl (C=O) groups is 4. The molecule has 1 aliphatic carbocycles. The van der Waals surface area contributed by atoms with Gasteiger partial charge in [0.15, 0.2) is 5.78 Å². The Balaban J connectivity index is 1.62. The van der Waals surface area contributed by atoms with E-state index in [4.69, 9.17) is 0 Å². The monoisotopic (exact) mass is 469 g/mol. The highest BCUT2D eigenvalue weighted by Crippen LogP contribution is 2.35. The van der Waals surface area contributed by atoms with E-state index in [1.54, 1.807) is 12.1 Å². The summed E-state index contributed by atoms with van der Waals surface area (Å²) in [5.74, 6) is -1.88. The number of pyridine rings is 1. The number of anilines is 1. The number of benzene rings is 2. The number of nitrogens with zero attached hydrogens (tertiary/aromatic N) is 1. The number of amides is 3. The first-order valence-corrected chi connectivity index (χ1v) is 11.2. The minimum Gasteiger partial charge on any atom is -0.322 e. The molecule has 2 N–H and O–H groups in total. The summed E-state index contributed by atoms with van der Waals surface area (Å²) in [4.78, 5) is 63.7. The zero-order chi connectivity index (χ0) is 25.1. The van der Waals surface area contributed by atoms with Crippen LogP contribution in [0.2, 0.25) is 0 Å². The van der Waals surface area contributed by atoms with Gasteiger partial charge in [0.25, 0.3) is 23.3 Å². The highest BCUT2D eigenvalue weighted by molar-refractivity contribution is 6.22. The van der Waals surface area contributed by atoms with E-state index in [-0.39, 0.29) is 33.6 Å². The zero-order valence-corrected chi connectivity index (χ0v) is 19.5. The molecule has 3 aromatic rings. The van der Waals surface area contributed by atoms with Gasteiger partial charge in [-0.25, -0.2) is 0 Å². The lowest BCUT2D eigenvalue weighted by Gasteiger charge is -2.32. The fraction of sp³-hybridized carbons (Fsp3) is 0.222. The summed E-state index contributed by atoms with van der Waals surface area (Å²) in [6.45, 7) is 5.89. The highest BCUT2D eigenvalue weighted by atomic mass is 16.2. The standard InChI is InChI=1S/C27H23N3O5/c1-14-4-7-16(8-5-14)30-21-12-27(2,3)13-22(31)19(21)11-20(26(30)35)25(34)28-15-6-9-17-18(10-15)24(33)29-23(17)32/h4-11H,12-13H2,1-3H3,(H,28,34)(H,29,32,33). The van der Waals surface area contributed by atoms with Crippen LogP contribution in [0.5, 0.6) is 0 Å². The molecule has 2 heterocycles. The van der Waals surface area contributed by atoms with Crippen molar-refractivity contribution in [3.8, 4) is 5.69 Å². The van der Waals surface area contributed by atoms with Gasteiger partial charge in [0, 0.05) is 29.1 Å². The molecule has 0 spiro atoms. The van der Waals surface area contributed by atoms with Crippen molar-refractivity contribution >= 4 is 29.2 Å². The van der Waals surface area contributed by atoms with Crippen molar-refractivity contribution in [3.63, 3.8) is 0 Å². The van der Waals surface area contributed by atoms with Gasteiger partial charge in [-0.2, -0.15) is 0 Å². The van der Waals surface area contributed by atoms with Crippen LogP contribution in [0, 0.1) is 12.3 Å². The van der Waals surface area contributed by atoms with Gasteiger partial charge < -0.3 is 5.32 Å². The fourth-order valence-electron chi connectivity index (χ4n) is 4.69. The largest absolute Gasteiger partial charge is 0.322 e. The van der Waals surface area contributed by atoms with Gasteiger partial charge in [0.2, 0.25) is 0 Å². The second kappa shape index (κ2) is 7.87. The molecule has 0 fully saturated rings. The van der Waals surface area contributed by atoms with Gasteiger partial charge in [0.05, 0.1) is 11.1 Å². The molecular formula is C27H23N3O5. The van der Waals surface area contributed by atoms with E-state index in [0.29, 0.717) is 29.8 Å². The maximum atomic E-state index is 13.6. The van der Waals surface area contributed by atoms with Crippen molar-refractivity contribution in [1.29, 1.82) is 0 Å². The number of rotatable bonds is 3. The Labute approximate surface area is 201 Å². The number of nitrogens with one attached hydrogen (secondary N) is 2. The molecule has 0 saturated carbocycles. The molecule has 0 radical (unpaired) electrons. The van der Waals surface area contributed by atoms with Gasteiger partial charge >= 0.3 is 0 Å². The Morgan fingerprint density at radius 1 is 0.886 bits per heavy atom. The molecule has 2 aliphatic rings. The van der Waals surface area contributed by atoms with Crippen LogP contribution < -0.4 is 16.2 Å². The molecular weight excluding hydrogens is 446 g/mol. The molecule has 0 atom stereocenters. The number of ketones is 1. The SMILES string of the molecule is Cc1ccc(-n2c3c(cc(C(=O)Nc4ccc5c(c4)C(=O)NC5=O)c2=O)C(=O)CC(C)(C)C3)cc1. The van der Waals surface area contributed by atoms with Crippen molar-refractivity contribution in [1.82, 2.24) is 9.88 Å². The molecule has 1 aromatic heterocycles. The second-order valence-corrected chi connectivity index (χ2v) is 9.83. The van der Waals surface area contributed by atoms with Crippen LogP contribution in [0.3, 0.4) is 0 Å². The lowest BCUT2D eigenvalue weighted by molar-refractivity contribution is 0.0874. The third-order valence-electron chi connectivity index (χ3n) is 6.42. The molecule has 35 heavy (non-hydrogen) atoms. The minimum atomic E-state index is -0.707. The lowest BCUT2D eigenvalue weighted by Crippen LogP contribution is -2.37. The summed E-state index contributed by atoms with van der Waals surface area (Å²) in [5, 5.41) is 4.83. The Bertz CT molecular complexity index is 1510. The molecule has 5 rings (SSSR count). The van der Waals surface area contributed by atoms with Crippen LogP contribution in [-0.4, -0.2) is 28.1 Å². The summed E-state index contributed by atoms with van der Waals surface area (Å²) in [6, 6.07) is 13.0. The lowest BCUT2D eigenvalue weighted by atomic mass is 9.75. The van der Waals surface area contributed by atoms with Crippen LogP contribution in [0.4, 0.5) is 5.69 Å². The Hall–Kier alpha value is -4.33. The average Bonchev–Trinajstić information content (AvgIpc) is 3.06. The normalized spacial score (nSPS) is 15.9. The van der Waals surface area contributed by atoms with Crippen LogP contribution >= 0.6 is 0 Å². The van der Waals surface area contributed by atoms with Crippen LogP contribution in [0.1, 0.15) is 73.0 Å². The van der Waals surface area contributed by atoms with Crippen molar-refractivity contribution in [2.45, 2.75) is 33.6 Å². The molecule has 1 aliphatic heterocycles. The molecule has 176 valence electrons. The number of carbonyl (C=O) groups excluding carboxylic acids is 4. The number of Topliss-reactive ketones (excluding diaryl/α,β-unsaturated/α-hetero) is 1. The third-order valence-corrected chi connectivity index (χ3v) is 6.42. The predicted molar refractivity (Wildman–Crippen MR) is 129 cm³/mol. The third kappa shape index (κ3) is 3.86. The number of hydrogen-bond donors (Lipinski definition) is 2. The van der Waals surface area contributed by atoms with Crippen molar-refractivity contribution in [2.75, 3.05) is 5.32 Å². The first-order valence-electron chi connectivity index (χ1n) is 11.2. The van der Waals surface area contributed by atoms with Crippen molar-refractivity contribution in [3.05, 3.63) is 92.4 Å². The average molecular weight is 469 g/mol. The highest BCUT2D eigenvalue weighted by Gasteiger charge is 2.35. The van der Waals surface area contributed by atoms with Crippen LogP contribution in [0.25, 0.3) is 5.69 Å². The number of aryl methyl sites for hydroxylation is 1. The first-order chi connectivity index (χ1) is 16.5. The molecule has 8 heteroatoms. The molecule has 3 amide bonds.